The summed E-state index contributed by atoms with van der Waals surface area (Å²) in [7, 11) is 1.97. The molecule has 0 radical (unpaired) electrons. The standard InChI is InChI=1S/C28H28BClF3N7/c29-28(17-2-4-18(31)5-3-17,23-14-40(39-38-23)20-6-7-20)37-19-10-21-24(36-15-27(26(32)33)8-1-9-27)16(12-34)13-35-25(21)22(30)11-19/h2-5,10-11,13-14,20,26,37-39H,1,6-9,15,29H2,(H,35,36). The molecule has 12 heteroatoms. The van der Waals surface area contributed by atoms with Gasteiger partial charge in [0.25, 0.3) is 0 Å². The number of benzene rings is 2. The van der Waals surface area contributed by atoms with Gasteiger partial charge in [-0.2, -0.15) is 5.26 Å². The largest absolute Gasteiger partial charge is 0.383 e. The molecule has 1 unspecified atom stereocenters. The molecule has 1 aliphatic heterocycles. The highest BCUT2D eigenvalue weighted by Crippen LogP contribution is 2.46. The maximum Gasteiger partial charge on any atom is 0.245 e. The number of rotatable bonds is 9. The van der Waals surface area contributed by atoms with Crippen LogP contribution in [0.3, 0.4) is 0 Å². The van der Waals surface area contributed by atoms with Gasteiger partial charge < -0.3 is 16.1 Å². The lowest BCUT2D eigenvalue weighted by atomic mass is 9.69. The number of hydrazine groups is 2. The van der Waals surface area contributed by atoms with Gasteiger partial charge in [0.15, 0.2) is 0 Å². The van der Waals surface area contributed by atoms with E-state index in [1.807, 2.05) is 25.1 Å². The zero-order valence-corrected chi connectivity index (χ0v) is 22.6. The lowest BCUT2D eigenvalue weighted by Gasteiger charge is -2.41. The zero-order chi connectivity index (χ0) is 28.1. The fraction of sp³-hybridized carbons (Fsp3) is 0.357. The summed E-state index contributed by atoms with van der Waals surface area (Å²) in [5.74, 6) is -0.343. The van der Waals surface area contributed by atoms with Gasteiger partial charge in [0.05, 0.1) is 32.9 Å². The van der Waals surface area contributed by atoms with Crippen molar-refractivity contribution in [2.24, 2.45) is 5.41 Å². The number of alkyl halides is 2. The third-order valence-corrected chi connectivity index (χ3v) is 8.65. The second kappa shape index (κ2) is 10.1. The first-order valence-electron chi connectivity index (χ1n) is 13.3. The van der Waals surface area contributed by atoms with Crippen LogP contribution in [0.1, 0.15) is 43.2 Å². The molecule has 40 heavy (non-hydrogen) atoms. The molecule has 1 aromatic heterocycles. The fourth-order valence-corrected chi connectivity index (χ4v) is 5.74. The molecule has 6 rings (SSSR count). The van der Waals surface area contributed by atoms with Gasteiger partial charge in [-0.3, -0.25) is 9.99 Å². The summed E-state index contributed by atoms with van der Waals surface area (Å²) in [5.41, 5.74) is 7.84. The zero-order valence-electron chi connectivity index (χ0n) is 21.9. The van der Waals surface area contributed by atoms with Crippen LogP contribution in [0.25, 0.3) is 10.9 Å². The van der Waals surface area contributed by atoms with Gasteiger partial charge in [0.1, 0.15) is 19.7 Å². The van der Waals surface area contributed by atoms with E-state index in [0.29, 0.717) is 46.2 Å². The molecule has 2 saturated carbocycles. The van der Waals surface area contributed by atoms with Gasteiger partial charge in [0, 0.05) is 41.5 Å². The summed E-state index contributed by atoms with van der Waals surface area (Å²) < 4.78 is 41.6. The minimum atomic E-state index is -2.46. The summed E-state index contributed by atoms with van der Waals surface area (Å²) >= 11 is 6.70. The summed E-state index contributed by atoms with van der Waals surface area (Å²) in [6.07, 6.45) is 4.76. The smallest absolute Gasteiger partial charge is 0.245 e. The van der Waals surface area contributed by atoms with Crippen molar-refractivity contribution in [1.82, 2.24) is 21.0 Å². The molecule has 7 nitrogen and oxygen atoms in total. The van der Waals surface area contributed by atoms with E-state index in [1.54, 1.807) is 18.2 Å². The number of fused-ring (bicyclic) bond motifs is 1. The molecule has 2 aliphatic carbocycles. The number of hydrogen-bond donors (Lipinski definition) is 4. The minimum absolute atomic E-state index is 0.0422. The maximum absolute atomic E-state index is 13.9. The second-order valence-electron chi connectivity index (χ2n) is 11.1. The van der Waals surface area contributed by atoms with Crippen LogP contribution >= 0.6 is 11.6 Å². The number of hydrogen-bond acceptors (Lipinski definition) is 7. The Hall–Kier alpha value is -3.62. The number of halogens is 4. The van der Waals surface area contributed by atoms with Crippen molar-refractivity contribution in [3.63, 3.8) is 0 Å². The van der Waals surface area contributed by atoms with E-state index in [1.165, 1.54) is 18.3 Å². The van der Waals surface area contributed by atoms with Gasteiger partial charge in [-0.1, -0.05) is 30.2 Å². The lowest BCUT2D eigenvalue weighted by molar-refractivity contribution is -0.0500. The number of nitriles is 1. The van der Waals surface area contributed by atoms with Crippen molar-refractivity contribution in [2.45, 2.75) is 50.0 Å². The maximum atomic E-state index is 13.9. The average molecular weight is 566 g/mol. The molecule has 3 aliphatic rings. The SMILES string of the molecule is BC(Nc1cc(Cl)c2ncc(C#N)c(NCC3(C(F)F)CCC3)c2c1)(C1=CN(C2CC2)NN1)c1ccc(F)cc1. The summed E-state index contributed by atoms with van der Waals surface area (Å²) in [5, 5.41) is 19.4. The second-order valence-corrected chi connectivity index (χ2v) is 11.5. The van der Waals surface area contributed by atoms with Gasteiger partial charge >= 0.3 is 0 Å². The predicted molar refractivity (Wildman–Crippen MR) is 152 cm³/mol. The Morgan fingerprint density at radius 3 is 2.62 bits per heavy atom. The molecular formula is C28H28BClF3N7. The topological polar surface area (TPSA) is 88.0 Å². The number of nitrogens with zero attached hydrogens (tertiary/aromatic N) is 3. The quantitative estimate of drug-likeness (QED) is 0.273. The van der Waals surface area contributed by atoms with Crippen LogP contribution in [0.2, 0.25) is 5.02 Å². The van der Waals surface area contributed by atoms with Gasteiger partial charge in [-0.15, -0.1) is 5.53 Å². The van der Waals surface area contributed by atoms with E-state index in [9.17, 15) is 18.4 Å². The highest BCUT2D eigenvalue weighted by Gasteiger charge is 2.45. The van der Waals surface area contributed by atoms with Gasteiger partial charge in [0.2, 0.25) is 6.43 Å². The number of aromatic nitrogens is 1. The van der Waals surface area contributed by atoms with E-state index < -0.39 is 17.3 Å². The van der Waals surface area contributed by atoms with Crippen molar-refractivity contribution < 1.29 is 13.2 Å². The van der Waals surface area contributed by atoms with Crippen molar-refractivity contribution >= 4 is 41.7 Å². The molecule has 0 spiro atoms. The van der Waals surface area contributed by atoms with Crippen molar-refractivity contribution in [1.29, 1.82) is 5.26 Å². The molecule has 4 N–H and O–H groups in total. The monoisotopic (exact) mass is 565 g/mol. The van der Waals surface area contributed by atoms with E-state index in [0.717, 1.165) is 30.5 Å². The van der Waals surface area contributed by atoms with Crippen molar-refractivity contribution in [3.8, 4) is 6.07 Å². The Kier molecular flexibility index (Phi) is 6.71. The molecule has 0 amide bonds. The molecule has 206 valence electrons. The molecule has 1 atom stereocenters. The van der Waals surface area contributed by atoms with Crippen LogP contribution in [0.4, 0.5) is 24.5 Å². The Morgan fingerprint density at radius 2 is 2.00 bits per heavy atom. The number of anilines is 2. The van der Waals surface area contributed by atoms with Gasteiger partial charge in [-0.05, 0) is 55.5 Å². The summed E-state index contributed by atoms with van der Waals surface area (Å²) in [4.78, 5) is 4.39. The summed E-state index contributed by atoms with van der Waals surface area (Å²) in [6, 6.07) is 12.4. The van der Waals surface area contributed by atoms with E-state index in [2.05, 4.69) is 32.6 Å². The lowest BCUT2D eigenvalue weighted by Crippen LogP contribution is -2.45. The molecule has 0 saturated heterocycles. The summed E-state index contributed by atoms with van der Waals surface area (Å²) in [6.45, 7) is 0.0422. The molecule has 2 fully saturated rings. The Balaban J connectivity index is 1.41. The van der Waals surface area contributed by atoms with Crippen LogP contribution in [0.15, 0.2) is 54.5 Å². The van der Waals surface area contributed by atoms with Crippen LogP contribution in [0.5, 0.6) is 0 Å². The Labute approximate surface area is 236 Å². The predicted octanol–water partition coefficient (Wildman–Crippen LogP) is 4.97. The van der Waals surface area contributed by atoms with Crippen molar-refractivity contribution in [3.05, 3.63) is 76.5 Å². The highest BCUT2D eigenvalue weighted by molar-refractivity contribution is 6.36. The van der Waals surface area contributed by atoms with Crippen molar-refractivity contribution in [2.75, 3.05) is 17.2 Å². The first kappa shape index (κ1) is 26.6. The minimum Gasteiger partial charge on any atom is -0.383 e. The Morgan fingerprint density at radius 1 is 1.25 bits per heavy atom. The molecular weight excluding hydrogens is 538 g/mol. The van der Waals surface area contributed by atoms with E-state index in [4.69, 9.17) is 11.6 Å². The van der Waals surface area contributed by atoms with Crippen LogP contribution in [0, 0.1) is 22.6 Å². The average Bonchev–Trinajstić information content (AvgIpc) is 3.63. The third kappa shape index (κ3) is 4.69. The molecule has 0 bridgehead atoms. The first-order valence-corrected chi connectivity index (χ1v) is 13.7. The molecule has 3 aromatic rings. The number of pyridine rings is 1. The Bertz CT molecular complexity index is 1520. The van der Waals surface area contributed by atoms with E-state index in [-0.39, 0.29) is 17.9 Å². The van der Waals surface area contributed by atoms with Gasteiger partial charge in [-0.25, -0.2) is 13.2 Å². The third-order valence-electron chi connectivity index (χ3n) is 8.36. The normalized spacial score (nSPS) is 19.4. The molecule has 2 heterocycles. The first-order chi connectivity index (χ1) is 19.2. The fourth-order valence-electron chi connectivity index (χ4n) is 5.47. The van der Waals surface area contributed by atoms with E-state index >= 15 is 0 Å². The van der Waals surface area contributed by atoms with Crippen LogP contribution in [-0.4, -0.2) is 36.9 Å². The van der Waals surface area contributed by atoms with Crippen LogP contribution < -0.4 is 21.6 Å². The highest BCUT2D eigenvalue weighted by atomic mass is 35.5. The molecule has 2 aromatic carbocycles. The van der Waals surface area contributed by atoms with Crippen LogP contribution in [-0.2, 0) is 5.44 Å². The number of nitrogens with one attached hydrogen (secondary N) is 4.